The largest absolute Gasteiger partial charge is 0.294 e. The van der Waals surface area contributed by atoms with Crippen molar-refractivity contribution in [2.24, 2.45) is 0 Å². The van der Waals surface area contributed by atoms with Crippen LogP contribution in [0.1, 0.15) is 49.4 Å². The van der Waals surface area contributed by atoms with Crippen LogP contribution in [0.5, 0.6) is 0 Å². The van der Waals surface area contributed by atoms with Crippen LogP contribution in [0, 0.1) is 0 Å². The quantitative estimate of drug-likeness (QED) is 0.764. The molecule has 0 aromatic carbocycles. The Kier molecular flexibility index (Phi) is 4.22. The van der Waals surface area contributed by atoms with Gasteiger partial charge in [0.25, 0.3) is 0 Å². The van der Waals surface area contributed by atoms with Gasteiger partial charge in [-0.25, -0.2) is 4.98 Å². The standard InChI is InChI=1S/C12H19ClN2S/c1-9(12-14-10(7-13)8-16-12)15(2)11-5-3-4-6-11/h8-9,11H,3-7H2,1-2H3. The average Bonchev–Trinajstić information content (AvgIpc) is 2.97. The van der Waals surface area contributed by atoms with Gasteiger partial charge in [-0.2, -0.15) is 0 Å². The van der Waals surface area contributed by atoms with E-state index in [0.29, 0.717) is 11.9 Å². The van der Waals surface area contributed by atoms with Crippen molar-refractivity contribution in [3.05, 3.63) is 16.1 Å². The Morgan fingerprint density at radius 2 is 2.25 bits per heavy atom. The highest BCUT2D eigenvalue weighted by Crippen LogP contribution is 2.30. The molecule has 0 spiro atoms. The summed E-state index contributed by atoms with van der Waals surface area (Å²) in [4.78, 5) is 7.04. The molecular weight excluding hydrogens is 240 g/mol. The summed E-state index contributed by atoms with van der Waals surface area (Å²) in [7, 11) is 2.22. The molecule has 0 amide bonds. The van der Waals surface area contributed by atoms with Crippen LogP contribution in [0.3, 0.4) is 0 Å². The van der Waals surface area contributed by atoms with Gasteiger partial charge in [0.15, 0.2) is 0 Å². The molecule has 4 heteroatoms. The maximum absolute atomic E-state index is 5.78. The SMILES string of the molecule is CC(c1nc(CCl)cs1)N(C)C1CCCC1. The van der Waals surface area contributed by atoms with Gasteiger partial charge in [0.2, 0.25) is 0 Å². The summed E-state index contributed by atoms with van der Waals surface area (Å²) < 4.78 is 0. The number of rotatable bonds is 4. The van der Waals surface area contributed by atoms with E-state index in [2.05, 4.69) is 29.2 Å². The Balaban J connectivity index is 2.02. The topological polar surface area (TPSA) is 16.1 Å². The third-order valence-electron chi connectivity index (χ3n) is 3.58. The average molecular weight is 259 g/mol. The first-order valence-corrected chi connectivity index (χ1v) is 7.36. The monoisotopic (exact) mass is 258 g/mol. The molecule has 1 aliphatic carbocycles. The van der Waals surface area contributed by atoms with Gasteiger partial charge < -0.3 is 0 Å². The highest BCUT2D eigenvalue weighted by Gasteiger charge is 2.25. The van der Waals surface area contributed by atoms with E-state index in [-0.39, 0.29) is 0 Å². The first-order chi connectivity index (χ1) is 7.72. The van der Waals surface area contributed by atoms with Crippen LogP contribution in [0.4, 0.5) is 0 Å². The molecular formula is C12H19ClN2S. The fourth-order valence-electron chi connectivity index (χ4n) is 2.38. The number of halogens is 1. The van der Waals surface area contributed by atoms with E-state index < -0.39 is 0 Å². The van der Waals surface area contributed by atoms with Crippen LogP contribution in [-0.2, 0) is 5.88 Å². The van der Waals surface area contributed by atoms with Gasteiger partial charge in [0.1, 0.15) is 5.01 Å². The summed E-state index contributed by atoms with van der Waals surface area (Å²) in [5.41, 5.74) is 1.01. The summed E-state index contributed by atoms with van der Waals surface area (Å²) >= 11 is 7.51. The zero-order chi connectivity index (χ0) is 11.5. The molecule has 1 saturated carbocycles. The first-order valence-electron chi connectivity index (χ1n) is 5.94. The Bertz CT molecular complexity index is 334. The van der Waals surface area contributed by atoms with Crippen LogP contribution in [0.2, 0.25) is 0 Å². The lowest BCUT2D eigenvalue weighted by molar-refractivity contribution is 0.187. The zero-order valence-electron chi connectivity index (χ0n) is 9.95. The van der Waals surface area contributed by atoms with E-state index in [0.717, 1.165) is 11.7 Å². The van der Waals surface area contributed by atoms with Gasteiger partial charge in [-0.1, -0.05) is 12.8 Å². The van der Waals surface area contributed by atoms with E-state index in [1.165, 1.54) is 30.7 Å². The maximum atomic E-state index is 5.78. The van der Waals surface area contributed by atoms with Crippen molar-refractivity contribution in [1.82, 2.24) is 9.88 Å². The van der Waals surface area contributed by atoms with Crippen LogP contribution < -0.4 is 0 Å². The predicted molar refractivity (Wildman–Crippen MR) is 70.1 cm³/mol. The number of hydrogen-bond donors (Lipinski definition) is 0. The minimum atomic E-state index is 0.421. The maximum Gasteiger partial charge on any atom is 0.110 e. The van der Waals surface area contributed by atoms with Gasteiger partial charge >= 0.3 is 0 Å². The smallest absolute Gasteiger partial charge is 0.110 e. The van der Waals surface area contributed by atoms with E-state index in [9.17, 15) is 0 Å². The highest BCUT2D eigenvalue weighted by atomic mass is 35.5. The van der Waals surface area contributed by atoms with Crippen molar-refractivity contribution in [2.75, 3.05) is 7.05 Å². The molecule has 2 rings (SSSR count). The van der Waals surface area contributed by atoms with Gasteiger partial charge in [-0.05, 0) is 26.8 Å². The van der Waals surface area contributed by atoms with Gasteiger partial charge in [-0.3, -0.25) is 4.90 Å². The van der Waals surface area contributed by atoms with Crippen molar-refractivity contribution < 1.29 is 0 Å². The Morgan fingerprint density at radius 1 is 1.56 bits per heavy atom. The lowest BCUT2D eigenvalue weighted by atomic mass is 10.2. The molecule has 0 radical (unpaired) electrons. The summed E-state index contributed by atoms with van der Waals surface area (Å²) in [6.45, 7) is 2.25. The molecule has 0 bridgehead atoms. The Labute approximate surface area is 107 Å². The molecule has 1 atom stereocenters. The minimum absolute atomic E-state index is 0.421. The lowest BCUT2D eigenvalue weighted by Crippen LogP contribution is -2.31. The van der Waals surface area contributed by atoms with Crippen molar-refractivity contribution in [1.29, 1.82) is 0 Å². The fourth-order valence-corrected chi connectivity index (χ4v) is 3.53. The third kappa shape index (κ3) is 2.58. The second-order valence-corrected chi connectivity index (χ2v) is 5.75. The fraction of sp³-hybridized carbons (Fsp3) is 0.750. The second-order valence-electron chi connectivity index (χ2n) is 4.59. The van der Waals surface area contributed by atoms with E-state index in [1.54, 1.807) is 11.3 Å². The molecule has 90 valence electrons. The van der Waals surface area contributed by atoms with Crippen molar-refractivity contribution in [3.63, 3.8) is 0 Å². The van der Waals surface area contributed by atoms with E-state index in [1.807, 2.05) is 0 Å². The summed E-state index contributed by atoms with van der Waals surface area (Å²) in [6, 6.07) is 1.17. The van der Waals surface area contributed by atoms with Crippen LogP contribution in [0.25, 0.3) is 0 Å². The predicted octanol–water partition coefficient (Wildman–Crippen LogP) is 3.82. The second kappa shape index (κ2) is 5.48. The third-order valence-corrected chi connectivity index (χ3v) is 4.91. The molecule has 0 aliphatic heterocycles. The summed E-state index contributed by atoms with van der Waals surface area (Å²) in [6.07, 6.45) is 5.45. The van der Waals surface area contributed by atoms with Crippen molar-refractivity contribution >= 4 is 22.9 Å². The van der Waals surface area contributed by atoms with Crippen LogP contribution in [-0.4, -0.2) is 23.0 Å². The Hall–Kier alpha value is -0.120. The molecule has 1 fully saturated rings. The highest BCUT2D eigenvalue weighted by molar-refractivity contribution is 7.09. The van der Waals surface area contributed by atoms with Gasteiger partial charge in [-0.15, -0.1) is 22.9 Å². The number of aromatic nitrogens is 1. The molecule has 1 aliphatic rings. The van der Waals surface area contributed by atoms with Crippen LogP contribution in [0.15, 0.2) is 5.38 Å². The first kappa shape index (κ1) is 12.3. The molecule has 2 nitrogen and oxygen atoms in total. The number of nitrogens with zero attached hydrogens (tertiary/aromatic N) is 2. The molecule has 1 heterocycles. The zero-order valence-corrected chi connectivity index (χ0v) is 11.5. The Morgan fingerprint density at radius 3 is 2.81 bits per heavy atom. The van der Waals surface area contributed by atoms with E-state index in [4.69, 9.17) is 11.6 Å². The normalized spacial score (nSPS) is 19.5. The summed E-state index contributed by atoms with van der Waals surface area (Å²) in [5, 5.41) is 3.27. The molecule has 1 aromatic rings. The lowest BCUT2D eigenvalue weighted by Gasteiger charge is -2.29. The number of thiazole rings is 1. The molecule has 1 aromatic heterocycles. The number of alkyl halides is 1. The van der Waals surface area contributed by atoms with Crippen LogP contribution >= 0.6 is 22.9 Å². The molecule has 1 unspecified atom stereocenters. The van der Waals surface area contributed by atoms with Crippen molar-refractivity contribution in [2.45, 2.75) is 50.6 Å². The minimum Gasteiger partial charge on any atom is -0.294 e. The number of hydrogen-bond acceptors (Lipinski definition) is 3. The van der Waals surface area contributed by atoms with Gasteiger partial charge in [0.05, 0.1) is 17.6 Å². The molecule has 0 N–H and O–H groups in total. The molecule has 16 heavy (non-hydrogen) atoms. The van der Waals surface area contributed by atoms with E-state index >= 15 is 0 Å². The van der Waals surface area contributed by atoms with Crippen molar-refractivity contribution in [3.8, 4) is 0 Å². The van der Waals surface area contributed by atoms with Gasteiger partial charge in [0, 0.05) is 11.4 Å². The molecule has 0 saturated heterocycles. The summed E-state index contributed by atoms with van der Waals surface area (Å²) in [5.74, 6) is 0.524.